The van der Waals surface area contributed by atoms with Crippen LogP contribution < -0.4 is 10.6 Å². The van der Waals surface area contributed by atoms with Gasteiger partial charge in [-0.15, -0.1) is 0 Å². The molecule has 0 fully saturated rings. The van der Waals surface area contributed by atoms with Crippen molar-refractivity contribution in [1.29, 1.82) is 0 Å². The summed E-state index contributed by atoms with van der Waals surface area (Å²) in [5.74, 6) is 0. The molecule has 0 aliphatic heterocycles. The second-order valence-corrected chi connectivity index (χ2v) is 5.48. The number of hydrogen-bond acceptors (Lipinski definition) is 2. The fourth-order valence-corrected chi connectivity index (χ4v) is 2.59. The normalized spacial score (nSPS) is 10.6. The number of rotatable bonds is 5. The Kier molecular flexibility index (Phi) is 5.16. The van der Waals surface area contributed by atoms with Crippen molar-refractivity contribution in [3.05, 3.63) is 58.1 Å². The Morgan fingerprint density at radius 2 is 1.80 bits per heavy atom. The highest BCUT2D eigenvalue weighted by atomic mass is 35.5. The molecule has 0 saturated carbocycles. The molecule has 0 spiro atoms. The molecule has 0 aliphatic carbocycles. The molecule has 0 heterocycles. The van der Waals surface area contributed by atoms with Gasteiger partial charge in [-0.25, -0.2) is 0 Å². The van der Waals surface area contributed by atoms with Crippen LogP contribution in [0.4, 0.5) is 11.4 Å². The largest absolute Gasteiger partial charge is 0.397 e. The number of nitrogen functional groups attached to an aromatic ring is 1. The lowest BCUT2D eigenvalue weighted by Crippen LogP contribution is -2.24. The van der Waals surface area contributed by atoms with Crippen molar-refractivity contribution in [2.45, 2.75) is 19.9 Å². The second kappa shape index (κ2) is 6.87. The zero-order valence-corrected chi connectivity index (χ0v) is 13.0. The minimum absolute atomic E-state index is 0.585. The molecule has 0 aromatic heterocycles. The van der Waals surface area contributed by atoms with Crippen LogP contribution in [0.2, 0.25) is 10.0 Å². The van der Waals surface area contributed by atoms with Crippen molar-refractivity contribution in [2.75, 3.05) is 17.2 Å². The van der Waals surface area contributed by atoms with Crippen molar-refractivity contribution in [1.82, 2.24) is 0 Å². The standard InChI is InChI=1S/C16H18Cl2N2/c1-2-10-20(15-9-4-3-8-14(15)19)11-12-6-5-7-13(17)16(12)18/h3-9H,2,10-11,19H2,1H3. The van der Waals surface area contributed by atoms with E-state index in [0.29, 0.717) is 16.6 Å². The molecule has 0 aliphatic rings. The third-order valence-corrected chi connectivity index (χ3v) is 4.02. The first kappa shape index (κ1) is 15.0. The number of halogens is 2. The molecule has 2 rings (SSSR count). The Morgan fingerprint density at radius 3 is 2.50 bits per heavy atom. The van der Waals surface area contributed by atoms with E-state index in [4.69, 9.17) is 28.9 Å². The molecular formula is C16H18Cl2N2. The first-order chi connectivity index (χ1) is 9.63. The van der Waals surface area contributed by atoms with Gasteiger partial charge in [0.1, 0.15) is 0 Å². The van der Waals surface area contributed by atoms with Crippen LogP contribution in [-0.4, -0.2) is 6.54 Å². The molecule has 2 aromatic carbocycles. The third-order valence-electron chi connectivity index (χ3n) is 3.16. The molecule has 20 heavy (non-hydrogen) atoms. The van der Waals surface area contributed by atoms with Gasteiger partial charge in [-0.05, 0) is 30.2 Å². The van der Waals surface area contributed by atoms with Gasteiger partial charge >= 0.3 is 0 Å². The molecule has 2 N–H and O–H groups in total. The van der Waals surface area contributed by atoms with Gasteiger partial charge in [0, 0.05) is 13.1 Å². The number of para-hydroxylation sites is 2. The van der Waals surface area contributed by atoms with Gasteiger partial charge < -0.3 is 10.6 Å². The molecule has 0 bridgehead atoms. The Balaban J connectivity index is 2.31. The van der Waals surface area contributed by atoms with Crippen LogP contribution in [-0.2, 0) is 6.54 Å². The summed E-state index contributed by atoms with van der Waals surface area (Å²) < 4.78 is 0. The number of hydrogen-bond donors (Lipinski definition) is 1. The molecule has 106 valence electrons. The number of benzene rings is 2. The molecule has 2 aromatic rings. The Labute approximate surface area is 130 Å². The van der Waals surface area contributed by atoms with Gasteiger partial charge in [0.15, 0.2) is 0 Å². The summed E-state index contributed by atoms with van der Waals surface area (Å²) >= 11 is 12.4. The molecule has 0 saturated heterocycles. The van der Waals surface area contributed by atoms with E-state index in [1.54, 1.807) is 6.07 Å². The van der Waals surface area contributed by atoms with Crippen molar-refractivity contribution in [3.63, 3.8) is 0 Å². The topological polar surface area (TPSA) is 29.3 Å². The zero-order chi connectivity index (χ0) is 14.5. The van der Waals surface area contributed by atoms with Crippen LogP contribution in [0.1, 0.15) is 18.9 Å². The number of nitrogens with two attached hydrogens (primary N) is 1. The van der Waals surface area contributed by atoms with Crippen LogP contribution in [0.25, 0.3) is 0 Å². The van der Waals surface area contributed by atoms with Gasteiger partial charge in [0.05, 0.1) is 21.4 Å². The smallest absolute Gasteiger partial charge is 0.0642 e. The van der Waals surface area contributed by atoms with E-state index in [9.17, 15) is 0 Å². The zero-order valence-electron chi connectivity index (χ0n) is 11.4. The van der Waals surface area contributed by atoms with Crippen molar-refractivity contribution in [3.8, 4) is 0 Å². The van der Waals surface area contributed by atoms with Crippen molar-refractivity contribution in [2.24, 2.45) is 0 Å². The van der Waals surface area contributed by atoms with Gasteiger partial charge in [-0.3, -0.25) is 0 Å². The summed E-state index contributed by atoms with van der Waals surface area (Å²) in [4.78, 5) is 2.23. The van der Waals surface area contributed by atoms with Crippen LogP contribution >= 0.6 is 23.2 Å². The highest BCUT2D eigenvalue weighted by Crippen LogP contribution is 2.30. The van der Waals surface area contributed by atoms with Gasteiger partial charge in [-0.1, -0.05) is 54.4 Å². The lowest BCUT2D eigenvalue weighted by atomic mass is 10.1. The monoisotopic (exact) mass is 308 g/mol. The minimum Gasteiger partial charge on any atom is -0.397 e. The molecule has 0 radical (unpaired) electrons. The summed E-state index contributed by atoms with van der Waals surface area (Å²) in [7, 11) is 0. The number of anilines is 2. The molecule has 2 nitrogen and oxygen atoms in total. The van der Waals surface area contributed by atoms with E-state index in [1.807, 2.05) is 36.4 Å². The first-order valence-electron chi connectivity index (χ1n) is 6.65. The fraction of sp³-hybridized carbons (Fsp3) is 0.250. The van der Waals surface area contributed by atoms with Gasteiger partial charge in [0.2, 0.25) is 0 Å². The maximum absolute atomic E-state index is 6.27. The SMILES string of the molecule is CCCN(Cc1cccc(Cl)c1Cl)c1ccccc1N. The maximum atomic E-state index is 6.27. The Hall–Kier alpha value is -1.38. The van der Waals surface area contributed by atoms with Crippen LogP contribution in [0.15, 0.2) is 42.5 Å². The fourth-order valence-electron chi connectivity index (χ4n) is 2.21. The first-order valence-corrected chi connectivity index (χ1v) is 7.41. The lowest BCUT2D eigenvalue weighted by Gasteiger charge is -2.26. The van der Waals surface area contributed by atoms with E-state index in [-0.39, 0.29) is 0 Å². The van der Waals surface area contributed by atoms with Crippen molar-refractivity contribution >= 4 is 34.6 Å². The van der Waals surface area contributed by atoms with Crippen LogP contribution in [0, 0.1) is 0 Å². The average Bonchev–Trinajstić information content (AvgIpc) is 2.44. The van der Waals surface area contributed by atoms with E-state index in [0.717, 1.165) is 29.9 Å². The maximum Gasteiger partial charge on any atom is 0.0642 e. The number of nitrogens with zero attached hydrogens (tertiary/aromatic N) is 1. The summed E-state index contributed by atoms with van der Waals surface area (Å²) in [6, 6.07) is 13.6. The Morgan fingerprint density at radius 1 is 1.05 bits per heavy atom. The second-order valence-electron chi connectivity index (χ2n) is 4.69. The quantitative estimate of drug-likeness (QED) is 0.788. The van der Waals surface area contributed by atoms with E-state index < -0.39 is 0 Å². The molecular weight excluding hydrogens is 291 g/mol. The molecule has 0 amide bonds. The summed E-state index contributed by atoms with van der Waals surface area (Å²) in [6.45, 7) is 3.75. The predicted molar refractivity (Wildman–Crippen MR) is 88.7 cm³/mol. The average molecular weight is 309 g/mol. The van der Waals surface area contributed by atoms with E-state index >= 15 is 0 Å². The molecule has 0 unspecified atom stereocenters. The van der Waals surface area contributed by atoms with Crippen LogP contribution in [0.3, 0.4) is 0 Å². The highest BCUT2D eigenvalue weighted by molar-refractivity contribution is 6.42. The van der Waals surface area contributed by atoms with E-state index in [1.165, 1.54) is 0 Å². The Bertz CT molecular complexity index is 584. The van der Waals surface area contributed by atoms with Crippen molar-refractivity contribution < 1.29 is 0 Å². The summed E-state index contributed by atoms with van der Waals surface area (Å²) in [5.41, 5.74) is 8.89. The predicted octanol–water partition coefficient (Wildman–Crippen LogP) is 4.99. The highest BCUT2D eigenvalue weighted by Gasteiger charge is 2.12. The summed E-state index contributed by atoms with van der Waals surface area (Å²) in [5, 5.41) is 1.20. The summed E-state index contributed by atoms with van der Waals surface area (Å²) in [6.07, 6.45) is 1.03. The van der Waals surface area contributed by atoms with Gasteiger partial charge in [0.25, 0.3) is 0 Å². The van der Waals surface area contributed by atoms with Gasteiger partial charge in [-0.2, -0.15) is 0 Å². The van der Waals surface area contributed by atoms with E-state index in [2.05, 4.69) is 11.8 Å². The lowest BCUT2D eigenvalue weighted by molar-refractivity contribution is 0.768. The third kappa shape index (κ3) is 3.38. The molecule has 0 atom stereocenters. The van der Waals surface area contributed by atoms with Crippen LogP contribution in [0.5, 0.6) is 0 Å². The minimum atomic E-state index is 0.585. The molecule has 4 heteroatoms.